The van der Waals surface area contributed by atoms with Gasteiger partial charge < -0.3 is 5.11 Å². The summed E-state index contributed by atoms with van der Waals surface area (Å²) in [4.78, 5) is 3.41. The summed E-state index contributed by atoms with van der Waals surface area (Å²) in [6.07, 6.45) is 0. The van der Waals surface area contributed by atoms with Crippen LogP contribution in [0.2, 0.25) is 0 Å². The van der Waals surface area contributed by atoms with Crippen LogP contribution in [0.25, 0.3) is 31.6 Å². The molecule has 0 atom stereocenters. The van der Waals surface area contributed by atoms with Crippen LogP contribution in [-0.4, -0.2) is 10.1 Å². The second-order valence-corrected chi connectivity index (χ2v) is 5.76. The van der Waals surface area contributed by atoms with Crippen LogP contribution in [0.4, 0.5) is 0 Å². The minimum atomic E-state index is 0. The van der Waals surface area contributed by atoms with E-state index in [4.69, 9.17) is 0 Å². The van der Waals surface area contributed by atoms with Gasteiger partial charge in [0.25, 0.3) is 5.01 Å². The third-order valence-corrected chi connectivity index (χ3v) is 4.56. The number of thiazole rings is 1. The van der Waals surface area contributed by atoms with Crippen LogP contribution in [0.3, 0.4) is 0 Å². The number of aromatic nitrogens is 1. The fourth-order valence-corrected chi connectivity index (χ4v) is 3.54. The number of fused-ring (bicyclic) bond motifs is 3. The van der Waals surface area contributed by atoms with E-state index < -0.39 is 0 Å². The van der Waals surface area contributed by atoms with E-state index in [1.807, 2.05) is 24.3 Å². The van der Waals surface area contributed by atoms with E-state index in [2.05, 4.69) is 29.2 Å². The van der Waals surface area contributed by atoms with E-state index in [0.29, 0.717) is 0 Å². The Kier molecular flexibility index (Phi) is 3.46. The third kappa shape index (κ3) is 2.21. The molecule has 1 N–H and O–H groups in total. The van der Waals surface area contributed by atoms with Gasteiger partial charge in [-0.15, -0.1) is 0 Å². The number of H-pyrrole nitrogens is 1. The zero-order valence-electron chi connectivity index (χ0n) is 11.3. The van der Waals surface area contributed by atoms with Crippen molar-refractivity contribution in [3.63, 3.8) is 0 Å². The summed E-state index contributed by atoms with van der Waals surface area (Å²) >= 11 is 1.62. The zero-order chi connectivity index (χ0) is 13.5. The van der Waals surface area contributed by atoms with Crippen molar-refractivity contribution in [1.29, 1.82) is 0 Å². The molecule has 1 heterocycles. The molecule has 4 heteroatoms. The van der Waals surface area contributed by atoms with Crippen molar-refractivity contribution in [3.8, 4) is 16.3 Å². The molecule has 0 unspecified atom stereocenters. The molecule has 4 rings (SSSR count). The van der Waals surface area contributed by atoms with Crippen molar-refractivity contribution in [2.24, 2.45) is 0 Å². The van der Waals surface area contributed by atoms with Crippen molar-refractivity contribution in [2.75, 3.05) is 0 Å². The Morgan fingerprint density at radius 3 is 2.48 bits per heavy atom. The third-order valence-electron chi connectivity index (χ3n) is 3.47. The second kappa shape index (κ2) is 5.28. The van der Waals surface area contributed by atoms with Gasteiger partial charge in [-0.2, -0.15) is 4.98 Å². The van der Waals surface area contributed by atoms with Gasteiger partial charge in [0.05, 0.1) is 5.39 Å². The number of nitrogens with one attached hydrogen (secondary N) is 1. The van der Waals surface area contributed by atoms with Crippen molar-refractivity contribution in [2.45, 2.75) is 0 Å². The molecule has 2 nitrogen and oxygen atoms in total. The second-order valence-electron chi connectivity index (χ2n) is 4.71. The van der Waals surface area contributed by atoms with Crippen LogP contribution >= 0.6 is 11.3 Å². The van der Waals surface area contributed by atoms with E-state index in [9.17, 15) is 5.11 Å². The first-order chi connectivity index (χ1) is 9.83. The molecule has 4 aromatic rings. The first kappa shape index (κ1) is 13.7. The van der Waals surface area contributed by atoms with Crippen LogP contribution in [0.5, 0.6) is 5.75 Å². The van der Waals surface area contributed by atoms with Gasteiger partial charge in [-0.25, -0.2) is 0 Å². The number of aromatic amines is 1. The van der Waals surface area contributed by atoms with Crippen LogP contribution in [0.15, 0.2) is 60.7 Å². The predicted octanol–water partition coefficient (Wildman–Crippen LogP) is 3.23. The maximum atomic E-state index is 11.9. The molecule has 0 aliphatic carbocycles. The van der Waals surface area contributed by atoms with Crippen molar-refractivity contribution in [3.05, 3.63) is 60.7 Å². The largest absolute Gasteiger partial charge is 2.00 e. The van der Waals surface area contributed by atoms with E-state index >= 15 is 0 Å². The quantitative estimate of drug-likeness (QED) is 0.495. The van der Waals surface area contributed by atoms with E-state index in [1.165, 1.54) is 15.5 Å². The number of hydrogen-bond donors (Lipinski definition) is 0. The summed E-state index contributed by atoms with van der Waals surface area (Å²) in [7, 11) is 0. The number of hydrogen-bond acceptors (Lipinski definition) is 2. The summed E-state index contributed by atoms with van der Waals surface area (Å²) in [6.45, 7) is 0. The molecule has 0 saturated carbocycles. The fourth-order valence-electron chi connectivity index (χ4n) is 2.49. The fraction of sp³-hybridized carbons (Fsp3) is 0. The first-order valence-corrected chi connectivity index (χ1v) is 7.24. The monoisotopic (exact) mass is 286 g/mol. The van der Waals surface area contributed by atoms with Crippen LogP contribution in [0, 0.1) is 0 Å². The molecule has 0 aliphatic heterocycles. The standard InChI is InChI=1S/C17H11NOS.Be/c19-14-8-4-3-7-13(14)17-18-16-12-6-2-1-5-11(12)9-10-15(16)20-17;/h1-10,19H;/q;+2. The summed E-state index contributed by atoms with van der Waals surface area (Å²) in [5, 5.41) is 15.3. The summed E-state index contributed by atoms with van der Waals surface area (Å²) in [6, 6.07) is 19.6. The average Bonchev–Trinajstić information content (AvgIpc) is 2.92. The van der Waals surface area contributed by atoms with Crippen LogP contribution in [0.1, 0.15) is 0 Å². The van der Waals surface area contributed by atoms with Gasteiger partial charge in [0, 0.05) is 5.56 Å². The summed E-state index contributed by atoms with van der Waals surface area (Å²) < 4.78 is 1.17. The first-order valence-electron chi connectivity index (χ1n) is 6.43. The molecule has 3 aromatic carbocycles. The number of benzene rings is 3. The predicted molar refractivity (Wildman–Crippen MR) is 86.5 cm³/mol. The molecule has 0 amide bonds. The molecule has 21 heavy (non-hydrogen) atoms. The molecule has 0 aliphatic rings. The Morgan fingerprint density at radius 2 is 1.62 bits per heavy atom. The maximum Gasteiger partial charge on any atom is 2.00 e. The van der Waals surface area contributed by atoms with Crippen molar-refractivity contribution < 1.29 is 10.1 Å². The Morgan fingerprint density at radius 1 is 0.857 bits per heavy atom. The molecule has 0 fully saturated rings. The molecule has 0 spiro atoms. The SMILES string of the molecule is [Be+2].[O-]c1ccccc1-c1[nH+]c2c(ccc3ccccc32)s1. The Labute approximate surface area is 129 Å². The van der Waals surface area contributed by atoms with Gasteiger partial charge in [-0.05, 0) is 23.6 Å². The Hall–Kier alpha value is -2.22. The molecule has 0 saturated heterocycles. The minimum Gasteiger partial charge on any atom is -0.872 e. The van der Waals surface area contributed by atoms with Crippen LogP contribution < -0.4 is 10.1 Å². The Bertz CT molecular complexity index is 932. The van der Waals surface area contributed by atoms with E-state index in [-0.39, 0.29) is 15.9 Å². The normalized spacial score (nSPS) is 10.7. The van der Waals surface area contributed by atoms with Gasteiger partial charge in [0.15, 0.2) is 0 Å². The zero-order valence-corrected chi connectivity index (χ0v) is 12.1. The maximum absolute atomic E-state index is 11.9. The molecule has 96 valence electrons. The van der Waals surface area contributed by atoms with E-state index in [0.717, 1.165) is 16.1 Å². The van der Waals surface area contributed by atoms with Crippen LogP contribution in [-0.2, 0) is 0 Å². The summed E-state index contributed by atoms with van der Waals surface area (Å²) in [5.41, 5.74) is 1.84. The van der Waals surface area contributed by atoms with Gasteiger partial charge in [-0.1, -0.05) is 59.6 Å². The smallest absolute Gasteiger partial charge is 0.872 e. The minimum absolute atomic E-state index is 0. The molecular formula is C17H11BeNOS+2. The van der Waals surface area contributed by atoms with Gasteiger partial charge in [0.2, 0.25) is 5.52 Å². The molecular weight excluding hydrogens is 275 g/mol. The van der Waals surface area contributed by atoms with E-state index in [1.54, 1.807) is 23.5 Å². The molecule has 0 bridgehead atoms. The Balaban J connectivity index is 0.00000132. The van der Waals surface area contributed by atoms with Gasteiger partial charge >= 0.3 is 10.1 Å². The number of rotatable bonds is 1. The topological polar surface area (TPSA) is 37.2 Å². The molecule has 1 aromatic heterocycles. The van der Waals surface area contributed by atoms with Gasteiger partial charge in [0.1, 0.15) is 4.70 Å². The average molecular weight is 286 g/mol. The van der Waals surface area contributed by atoms with Crippen molar-refractivity contribution in [1.82, 2.24) is 0 Å². The number of para-hydroxylation sites is 1. The van der Waals surface area contributed by atoms with Gasteiger partial charge in [-0.3, -0.25) is 0 Å². The van der Waals surface area contributed by atoms with Crippen molar-refractivity contribution >= 4 is 42.4 Å². The summed E-state index contributed by atoms with van der Waals surface area (Å²) in [5.74, 6) is 0.0552. The molecule has 0 radical (unpaired) electrons.